The van der Waals surface area contributed by atoms with Gasteiger partial charge in [0.15, 0.2) is 0 Å². The Morgan fingerprint density at radius 1 is 1.44 bits per heavy atom. The van der Waals surface area contributed by atoms with E-state index in [-0.39, 0.29) is 0 Å². The topological polar surface area (TPSA) is 49.9 Å². The third-order valence-electron chi connectivity index (χ3n) is 3.51. The lowest BCUT2D eigenvalue weighted by Gasteiger charge is -2.30. The molecule has 1 fully saturated rings. The predicted octanol–water partition coefficient (Wildman–Crippen LogP) is 2.02. The first kappa shape index (κ1) is 11.6. The molecule has 4 nitrogen and oxygen atoms in total. The van der Waals surface area contributed by atoms with Crippen molar-refractivity contribution < 1.29 is 4.74 Å². The number of aromatic nitrogens is 2. The average Bonchev–Trinajstić information content (AvgIpc) is 2.83. The Bertz CT molecular complexity index is 291. The van der Waals surface area contributed by atoms with Crippen LogP contribution in [0.5, 0.6) is 0 Å². The van der Waals surface area contributed by atoms with E-state index in [2.05, 4.69) is 22.4 Å². The van der Waals surface area contributed by atoms with Gasteiger partial charge in [0, 0.05) is 31.0 Å². The number of rotatable bonds is 4. The Kier molecular flexibility index (Phi) is 3.96. The van der Waals surface area contributed by atoms with Gasteiger partial charge in [0.1, 0.15) is 0 Å². The van der Waals surface area contributed by atoms with Crippen LogP contribution in [0.1, 0.15) is 44.2 Å². The van der Waals surface area contributed by atoms with Gasteiger partial charge in [-0.1, -0.05) is 0 Å². The average molecular weight is 223 g/mol. The first-order valence-electron chi connectivity index (χ1n) is 6.07. The molecule has 1 saturated carbocycles. The van der Waals surface area contributed by atoms with Crippen molar-refractivity contribution >= 4 is 0 Å². The van der Waals surface area contributed by atoms with Gasteiger partial charge in [-0.05, 0) is 32.6 Å². The predicted molar refractivity (Wildman–Crippen MR) is 63.2 cm³/mol. The van der Waals surface area contributed by atoms with E-state index in [0.29, 0.717) is 18.2 Å². The molecule has 0 aromatic carbocycles. The third-order valence-corrected chi connectivity index (χ3v) is 3.51. The molecule has 2 N–H and O–H groups in total. The molecule has 2 rings (SSSR count). The second-order valence-corrected chi connectivity index (χ2v) is 4.63. The van der Waals surface area contributed by atoms with Crippen LogP contribution in [0.15, 0.2) is 12.4 Å². The zero-order valence-corrected chi connectivity index (χ0v) is 10.1. The minimum Gasteiger partial charge on any atom is -0.381 e. The maximum Gasteiger partial charge on any atom is 0.0572 e. The number of H-pyrrole nitrogens is 1. The molecule has 1 heterocycles. The van der Waals surface area contributed by atoms with E-state index in [1.165, 1.54) is 31.2 Å². The van der Waals surface area contributed by atoms with Gasteiger partial charge in [-0.2, -0.15) is 5.10 Å². The van der Waals surface area contributed by atoms with Gasteiger partial charge >= 0.3 is 0 Å². The maximum absolute atomic E-state index is 5.37. The minimum atomic E-state index is 0.378. The largest absolute Gasteiger partial charge is 0.381 e. The quantitative estimate of drug-likeness (QED) is 0.821. The third kappa shape index (κ3) is 2.83. The first-order valence-corrected chi connectivity index (χ1v) is 6.07. The first-order chi connectivity index (χ1) is 7.79. The second-order valence-electron chi connectivity index (χ2n) is 4.63. The van der Waals surface area contributed by atoms with Gasteiger partial charge in [0.25, 0.3) is 0 Å². The van der Waals surface area contributed by atoms with Gasteiger partial charge in [0.05, 0.1) is 12.3 Å². The highest BCUT2D eigenvalue weighted by atomic mass is 16.5. The van der Waals surface area contributed by atoms with Crippen molar-refractivity contribution in [1.29, 1.82) is 0 Å². The summed E-state index contributed by atoms with van der Waals surface area (Å²) in [4.78, 5) is 0. The summed E-state index contributed by atoms with van der Waals surface area (Å²) in [5.74, 6) is 0. The van der Waals surface area contributed by atoms with Gasteiger partial charge < -0.3 is 10.1 Å². The molecule has 1 aromatic rings. The van der Waals surface area contributed by atoms with E-state index in [1.54, 1.807) is 0 Å². The molecule has 1 aromatic heterocycles. The van der Waals surface area contributed by atoms with E-state index in [1.807, 2.05) is 19.5 Å². The van der Waals surface area contributed by atoms with Crippen LogP contribution in [0.2, 0.25) is 0 Å². The zero-order chi connectivity index (χ0) is 11.4. The Morgan fingerprint density at radius 3 is 2.75 bits per heavy atom. The van der Waals surface area contributed by atoms with Crippen molar-refractivity contribution in [3.8, 4) is 0 Å². The molecule has 1 aliphatic rings. The number of methoxy groups -OCH3 is 1. The number of nitrogens with one attached hydrogen (secondary N) is 2. The highest BCUT2D eigenvalue weighted by Gasteiger charge is 2.22. The van der Waals surface area contributed by atoms with Crippen molar-refractivity contribution in [2.45, 2.75) is 50.8 Å². The van der Waals surface area contributed by atoms with Crippen molar-refractivity contribution in [2.75, 3.05) is 7.11 Å². The van der Waals surface area contributed by atoms with Crippen LogP contribution in [-0.2, 0) is 4.74 Å². The Balaban J connectivity index is 1.78. The second kappa shape index (κ2) is 5.46. The molecule has 0 saturated heterocycles. The summed E-state index contributed by atoms with van der Waals surface area (Å²) in [6.07, 6.45) is 9.08. The Morgan fingerprint density at radius 2 is 2.19 bits per heavy atom. The Labute approximate surface area is 96.8 Å². The molecule has 4 heteroatoms. The van der Waals surface area contributed by atoms with Crippen LogP contribution < -0.4 is 5.32 Å². The highest BCUT2D eigenvalue weighted by molar-refractivity contribution is 5.08. The molecule has 0 aliphatic heterocycles. The highest BCUT2D eigenvalue weighted by Crippen LogP contribution is 2.23. The molecule has 0 radical (unpaired) electrons. The fourth-order valence-corrected chi connectivity index (χ4v) is 2.41. The van der Waals surface area contributed by atoms with E-state index in [0.717, 1.165) is 0 Å². The lowest BCUT2D eigenvalue weighted by atomic mass is 9.92. The van der Waals surface area contributed by atoms with Crippen LogP contribution in [-0.4, -0.2) is 29.5 Å². The molecule has 0 amide bonds. The molecular weight excluding hydrogens is 202 g/mol. The molecular formula is C12H21N3O. The molecule has 0 bridgehead atoms. The van der Waals surface area contributed by atoms with Gasteiger partial charge in [0.2, 0.25) is 0 Å². The van der Waals surface area contributed by atoms with Gasteiger partial charge in [-0.3, -0.25) is 5.10 Å². The van der Waals surface area contributed by atoms with Crippen LogP contribution in [0.4, 0.5) is 0 Å². The maximum atomic E-state index is 5.37. The van der Waals surface area contributed by atoms with Crippen LogP contribution >= 0.6 is 0 Å². The smallest absolute Gasteiger partial charge is 0.0572 e. The standard InChI is InChI=1S/C12H21N3O/c1-9(10-7-13-14-8-10)15-11-3-5-12(16-2)6-4-11/h7-9,11-12,15H,3-6H2,1-2H3,(H,13,14). The summed E-state index contributed by atoms with van der Waals surface area (Å²) in [7, 11) is 1.81. The summed E-state index contributed by atoms with van der Waals surface area (Å²) in [5, 5.41) is 10.5. The molecule has 1 aliphatic carbocycles. The zero-order valence-electron chi connectivity index (χ0n) is 10.1. The van der Waals surface area contributed by atoms with Crippen LogP contribution in [0, 0.1) is 0 Å². The van der Waals surface area contributed by atoms with E-state index in [9.17, 15) is 0 Å². The van der Waals surface area contributed by atoms with Crippen molar-refractivity contribution in [1.82, 2.24) is 15.5 Å². The molecule has 16 heavy (non-hydrogen) atoms. The number of ether oxygens (including phenoxy) is 1. The van der Waals surface area contributed by atoms with E-state index in [4.69, 9.17) is 4.74 Å². The fourth-order valence-electron chi connectivity index (χ4n) is 2.41. The summed E-state index contributed by atoms with van der Waals surface area (Å²) in [6.45, 7) is 2.19. The van der Waals surface area contributed by atoms with E-state index < -0.39 is 0 Å². The molecule has 90 valence electrons. The van der Waals surface area contributed by atoms with Crippen LogP contribution in [0.25, 0.3) is 0 Å². The number of hydrogen-bond acceptors (Lipinski definition) is 3. The Hall–Kier alpha value is -0.870. The van der Waals surface area contributed by atoms with E-state index >= 15 is 0 Å². The fraction of sp³-hybridized carbons (Fsp3) is 0.750. The molecule has 1 unspecified atom stereocenters. The number of nitrogens with zero attached hydrogens (tertiary/aromatic N) is 1. The summed E-state index contributed by atoms with van der Waals surface area (Å²) in [5.41, 5.74) is 1.23. The molecule has 0 spiro atoms. The normalized spacial score (nSPS) is 27.9. The van der Waals surface area contributed by atoms with Crippen molar-refractivity contribution in [3.05, 3.63) is 18.0 Å². The number of hydrogen-bond donors (Lipinski definition) is 2. The van der Waals surface area contributed by atoms with Crippen LogP contribution in [0.3, 0.4) is 0 Å². The SMILES string of the molecule is COC1CCC(NC(C)c2cn[nH]c2)CC1. The van der Waals surface area contributed by atoms with Crippen molar-refractivity contribution in [2.24, 2.45) is 0 Å². The monoisotopic (exact) mass is 223 g/mol. The number of aromatic amines is 1. The summed E-state index contributed by atoms with van der Waals surface area (Å²) in [6, 6.07) is 0.999. The summed E-state index contributed by atoms with van der Waals surface area (Å²) < 4.78 is 5.37. The van der Waals surface area contributed by atoms with Crippen molar-refractivity contribution in [3.63, 3.8) is 0 Å². The summed E-state index contributed by atoms with van der Waals surface area (Å²) >= 11 is 0. The minimum absolute atomic E-state index is 0.378. The van der Waals surface area contributed by atoms with Gasteiger partial charge in [-0.25, -0.2) is 0 Å². The van der Waals surface area contributed by atoms with Gasteiger partial charge in [-0.15, -0.1) is 0 Å². The lowest BCUT2D eigenvalue weighted by molar-refractivity contribution is 0.0614. The lowest BCUT2D eigenvalue weighted by Crippen LogP contribution is -2.36. The molecule has 1 atom stereocenters.